The van der Waals surface area contributed by atoms with E-state index in [1.54, 1.807) is 6.07 Å². The first-order valence-corrected chi connectivity index (χ1v) is 8.07. The van der Waals surface area contributed by atoms with Crippen LogP contribution in [0.1, 0.15) is 25.1 Å². The topological polar surface area (TPSA) is 69.0 Å². The minimum absolute atomic E-state index is 0.0130. The van der Waals surface area contributed by atoms with E-state index < -0.39 is 0 Å². The second-order valence-electron chi connectivity index (χ2n) is 5.58. The van der Waals surface area contributed by atoms with E-state index in [1.807, 2.05) is 12.1 Å². The highest BCUT2D eigenvalue weighted by Crippen LogP contribution is 2.29. The van der Waals surface area contributed by atoms with Crippen molar-refractivity contribution in [2.24, 2.45) is 0 Å². The summed E-state index contributed by atoms with van der Waals surface area (Å²) in [5.74, 6) is 1.60. The van der Waals surface area contributed by atoms with E-state index in [2.05, 4.69) is 20.1 Å². The summed E-state index contributed by atoms with van der Waals surface area (Å²) in [6, 6.07) is 5.49. The average Bonchev–Trinajstić information content (AvgIpc) is 2.78. The van der Waals surface area contributed by atoms with Crippen LogP contribution in [0.3, 0.4) is 0 Å². The summed E-state index contributed by atoms with van der Waals surface area (Å²) >= 11 is 6.17. The third-order valence-corrected chi connectivity index (χ3v) is 4.21. The third kappa shape index (κ3) is 3.54. The van der Waals surface area contributed by atoms with Crippen LogP contribution >= 0.6 is 11.6 Å². The number of benzene rings is 1. The van der Waals surface area contributed by atoms with Crippen LogP contribution in [0.15, 0.2) is 18.2 Å². The van der Waals surface area contributed by atoms with Crippen molar-refractivity contribution in [2.45, 2.75) is 32.2 Å². The monoisotopic (exact) mass is 334 g/mol. The minimum atomic E-state index is -0.244. The predicted octanol–water partition coefficient (Wildman–Crippen LogP) is 2.91. The second-order valence-corrected chi connectivity index (χ2v) is 5.99. The van der Waals surface area contributed by atoms with Gasteiger partial charge in [0.15, 0.2) is 5.82 Å². The molecule has 1 amide bonds. The molecule has 0 fully saturated rings. The molecule has 1 aromatic heterocycles. The van der Waals surface area contributed by atoms with Crippen LogP contribution in [0.4, 0.5) is 5.69 Å². The smallest absolute Gasteiger partial charge is 0.250 e. The Hall–Kier alpha value is -1.92. The molecule has 1 aliphatic rings. The second kappa shape index (κ2) is 7.10. The summed E-state index contributed by atoms with van der Waals surface area (Å²) < 4.78 is 6.99. The van der Waals surface area contributed by atoms with Gasteiger partial charge in [0, 0.05) is 25.6 Å². The summed E-state index contributed by atoms with van der Waals surface area (Å²) in [7, 11) is 1.48. The Morgan fingerprint density at radius 3 is 3.04 bits per heavy atom. The van der Waals surface area contributed by atoms with Gasteiger partial charge in [0.05, 0.1) is 10.7 Å². The molecule has 6 nitrogen and oxygen atoms in total. The number of carbonyl (C=O) groups is 1. The normalized spacial score (nSPS) is 14.2. The zero-order valence-corrected chi connectivity index (χ0v) is 13.8. The fourth-order valence-corrected chi connectivity index (χ4v) is 2.94. The van der Waals surface area contributed by atoms with Crippen LogP contribution in [0.25, 0.3) is 11.4 Å². The molecule has 0 radical (unpaired) electrons. The molecule has 2 heterocycles. The first kappa shape index (κ1) is 16.0. The van der Waals surface area contributed by atoms with Crippen molar-refractivity contribution in [2.75, 3.05) is 19.0 Å². The number of halogens is 1. The number of methoxy groups -OCH3 is 1. The maximum atomic E-state index is 11.7. The van der Waals surface area contributed by atoms with Crippen LogP contribution in [0.5, 0.6) is 0 Å². The lowest BCUT2D eigenvalue weighted by atomic mass is 10.2. The fourth-order valence-electron chi connectivity index (χ4n) is 2.78. The maximum absolute atomic E-state index is 11.7. The molecule has 7 heteroatoms. The van der Waals surface area contributed by atoms with Crippen molar-refractivity contribution < 1.29 is 9.53 Å². The molecule has 0 saturated heterocycles. The fraction of sp³-hybridized carbons (Fsp3) is 0.438. The van der Waals surface area contributed by atoms with Crippen molar-refractivity contribution in [3.05, 3.63) is 29.0 Å². The van der Waals surface area contributed by atoms with Crippen LogP contribution in [0, 0.1) is 0 Å². The lowest BCUT2D eigenvalue weighted by Crippen LogP contribution is -2.17. The Labute approximate surface area is 139 Å². The molecule has 0 unspecified atom stereocenters. The average molecular weight is 335 g/mol. The van der Waals surface area contributed by atoms with Gasteiger partial charge in [-0.15, -0.1) is 10.2 Å². The number of aryl methyl sites for hydroxylation is 1. The van der Waals surface area contributed by atoms with E-state index in [-0.39, 0.29) is 12.5 Å². The molecule has 1 N–H and O–H groups in total. The van der Waals surface area contributed by atoms with Gasteiger partial charge in [-0.05, 0) is 31.0 Å². The number of carbonyl (C=O) groups excluding carboxylic acids is 1. The molecule has 0 saturated carbocycles. The molecule has 0 aliphatic carbocycles. The zero-order chi connectivity index (χ0) is 16.2. The first-order valence-electron chi connectivity index (χ1n) is 7.70. The largest absolute Gasteiger partial charge is 0.375 e. The summed E-state index contributed by atoms with van der Waals surface area (Å²) in [5, 5.41) is 11.9. The number of ether oxygens (including phenoxy) is 1. The molecule has 0 bridgehead atoms. The van der Waals surface area contributed by atoms with Gasteiger partial charge < -0.3 is 14.6 Å². The molecule has 122 valence electrons. The van der Waals surface area contributed by atoms with Crippen molar-refractivity contribution >= 4 is 23.2 Å². The van der Waals surface area contributed by atoms with Gasteiger partial charge in [0.25, 0.3) is 0 Å². The number of rotatable bonds is 4. The molecular formula is C16H19ClN4O2. The van der Waals surface area contributed by atoms with Gasteiger partial charge in [-0.2, -0.15) is 0 Å². The van der Waals surface area contributed by atoms with Gasteiger partial charge >= 0.3 is 0 Å². The third-order valence-electron chi connectivity index (χ3n) is 3.88. The van der Waals surface area contributed by atoms with Crippen molar-refractivity contribution in [1.82, 2.24) is 14.8 Å². The van der Waals surface area contributed by atoms with Gasteiger partial charge in [0.1, 0.15) is 12.4 Å². The molecule has 0 atom stereocenters. The Morgan fingerprint density at radius 2 is 2.22 bits per heavy atom. The van der Waals surface area contributed by atoms with Crippen molar-refractivity contribution in [3.63, 3.8) is 0 Å². The van der Waals surface area contributed by atoms with E-state index in [0.29, 0.717) is 10.7 Å². The molecule has 1 aromatic carbocycles. The Kier molecular flexibility index (Phi) is 4.93. The number of fused-ring (bicyclic) bond motifs is 1. The minimum Gasteiger partial charge on any atom is -0.375 e. The van der Waals surface area contributed by atoms with Crippen molar-refractivity contribution in [1.29, 1.82) is 0 Å². The molecule has 2 aromatic rings. The Balaban J connectivity index is 1.92. The summed E-state index contributed by atoms with van der Waals surface area (Å²) in [6.45, 7) is 0.909. The molecule has 0 spiro atoms. The number of aromatic nitrogens is 3. The van der Waals surface area contributed by atoms with Crippen LogP contribution in [-0.2, 0) is 22.5 Å². The summed E-state index contributed by atoms with van der Waals surface area (Å²) in [5.41, 5.74) is 1.44. The van der Waals surface area contributed by atoms with Crippen molar-refractivity contribution in [3.8, 4) is 11.4 Å². The highest BCUT2D eigenvalue weighted by atomic mass is 35.5. The van der Waals surface area contributed by atoms with Gasteiger partial charge in [-0.25, -0.2) is 0 Å². The quantitative estimate of drug-likeness (QED) is 0.933. The molecule has 23 heavy (non-hydrogen) atoms. The number of amides is 1. The van der Waals surface area contributed by atoms with E-state index >= 15 is 0 Å². The standard InChI is InChI=1S/C16H19ClN4O2/c1-23-10-15(22)18-13-9-11(6-7-12(13)17)16-20-19-14-5-3-2-4-8-21(14)16/h6-7,9H,2-5,8,10H2,1H3,(H,18,22). The van der Waals surface area contributed by atoms with E-state index in [1.165, 1.54) is 13.5 Å². The van der Waals surface area contributed by atoms with E-state index in [9.17, 15) is 4.79 Å². The molecule has 3 rings (SSSR count). The lowest BCUT2D eigenvalue weighted by Gasteiger charge is -2.11. The molecule has 1 aliphatic heterocycles. The number of nitrogens with zero attached hydrogens (tertiary/aromatic N) is 3. The molecular weight excluding hydrogens is 316 g/mol. The zero-order valence-electron chi connectivity index (χ0n) is 13.0. The number of hydrogen-bond acceptors (Lipinski definition) is 4. The van der Waals surface area contributed by atoms with Crippen LogP contribution in [0.2, 0.25) is 5.02 Å². The number of nitrogens with one attached hydrogen (secondary N) is 1. The van der Waals surface area contributed by atoms with E-state index in [0.717, 1.165) is 43.0 Å². The Bertz CT molecular complexity index is 714. The van der Waals surface area contributed by atoms with Crippen LogP contribution < -0.4 is 5.32 Å². The number of hydrogen-bond donors (Lipinski definition) is 1. The first-order chi connectivity index (χ1) is 11.2. The Morgan fingerprint density at radius 1 is 1.35 bits per heavy atom. The lowest BCUT2D eigenvalue weighted by molar-refractivity contribution is -0.119. The van der Waals surface area contributed by atoms with Gasteiger partial charge in [-0.1, -0.05) is 18.0 Å². The highest BCUT2D eigenvalue weighted by molar-refractivity contribution is 6.33. The van der Waals surface area contributed by atoms with Crippen LogP contribution in [-0.4, -0.2) is 34.4 Å². The SMILES string of the molecule is COCC(=O)Nc1cc(-c2nnc3n2CCCCC3)ccc1Cl. The summed E-state index contributed by atoms with van der Waals surface area (Å²) in [6.07, 6.45) is 4.44. The predicted molar refractivity (Wildman–Crippen MR) is 88.5 cm³/mol. The van der Waals surface area contributed by atoms with E-state index in [4.69, 9.17) is 16.3 Å². The van der Waals surface area contributed by atoms with Gasteiger partial charge in [0.2, 0.25) is 5.91 Å². The van der Waals surface area contributed by atoms with Gasteiger partial charge in [-0.3, -0.25) is 4.79 Å². The highest BCUT2D eigenvalue weighted by Gasteiger charge is 2.17. The maximum Gasteiger partial charge on any atom is 0.250 e. The summed E-state index contributed by atoms with van der Waals surface area (Å²) in [4.78, 5) is 11.7. The number of anilines is 1.